The largest absolute Gasteiger partial charge is 0.365 e. The predicted molar refractivity (Wildman–Crippen MR) is 51.6 cm³/mol. The fourth-order valence-corrected chi connectivity index (χ4v) is 1.59. The van der Waals surface area contributed by atoms with Gasteiger partial charge in [-0.2, -0.15) is 4.68 Å². The van der Waals surface area contributed by atoms with Crippen molar-refractivity contribution in [2.24, 2.45) is 0 Å². The smallest absolute Gasteiger partial charge is 0.263 e. The van der Waals surface area contributed by atoms with Crippen LogP contribution in [0.15, 0.2) is 28.2 Å². The van der Waals surface area contributed by atoms with Crippen molar-refractivity contribution in [1.29, 1.82) is 0 Å². The number of thioether (sulfide) groups is 1. The van der Waals surface area contributed by atoms with Crippen LogP contribution in [-0.4, -0.2) is 31.4 Å². The molecule has 14 heavy (non-hydrogen) atoms. The minimum atomic E-state index is -0.355. The molecule has 0 amide bonds. The van der Waals surface area contributed by atoms with Gasteiger partial charge in [0.25, 0.3) is 0 Å². The van der Waals surface area contributed by atoms with Gasteiger partial charge in [0.05, 0.1) is 10.6 Å². The quantitative estimate of drug-likeness (QED) is 0.708. The molecule has 6 nitrogen and oxygen atoms in total. The second-order valence-electron chi connectivity index (χ2n) is 2.47. The molecule has 2 aromatic rings. The summed E-state index contributed by atoms with van der Waals surface area (Å²) in [7, 11) is 0. The maximum Gasteiger partial charge on any atom is 0.365 e. The van der Waals surface area contributed by atoms with Gasteiger partial charge in [0, 0.05) is 12.4 Å². The van der Waals surface area contributed by atoms with Crippen molar-refractivity contribution >= 4 is 11.8 Å². The summed E-state index contributed by atoms with van der Waals surface area (Å²) in [5.41, 5.74) is 0.331. The fraction of sp³-hybridized carbons (Fsp3) is 0.143. The van der Waals surface area contributed by atoms with Gasteiger partial charge in [-0.05, 0) is 22.7 Å². The number of nitrogens with one attached hydrogen (secondary N) is 1. The van der Waals surface area contributed by atoms with Gasteiger partial charge in [0.15, 0.2) is 0 Å². The molecule has 0 atom stereocenters. The van der Waals surface area contributed by atoms with Crippen LogP contribution >= 0.6 is 11.8 Å². The van der Waals surface area contributed by atoms with Gasteiger partial charge in [-0.1, -0.05) is 0 Å². The summed E-state index contributed by atoms with van der Waals surface area (Å²) >= 11 is 1.50. The first kappa shape index (κ1) is 8.95. The molecule has 0 bridgehead atoms. The van der Waals surface area contributed by atoms with E-state index in [1.54, 1.807) is 18.5 Å². The first-order chi connectivity index (χ1) is 6.83. The Hall–Kier alpha value is -1.63. The summed E-state index contributed by atoms with van der Waals surface area (Å²) in [5.74, 6) is 0. The fourth-order valence-electron chi connectivity index (χ4n) is 1.06. The normalized spacial score (nSPS) is 10.4. The summed E-state index contributed by atoms with van der Waals surface area (Å²) in [6.45, 7) is 0. The van der Waals surface area contributed by atoms with Gasteiger partial charge in [-0.3, -0.25) is 4.98 Å². The van der Waals surface area contributed by atoms with E-state index in [1.165, 1.54) is 16.4 Å². The molecule has 0 aliphatic rings. The highest BCUT2D eigenvalue weighted by Gasteiger charge is 2.07. The van der Waals surface area contributed by atoms with Gasteiger partial charge in [0.2, 0.25) is 0 Å². The summed E-state index contributed by atoms with van der Waals surface area (Å²) in [4.78, 5) is 16.1. The van der Waals surface area contributed by atoms with E-state index in [9.17, 15) is 4.79 Å². The molecule has 0 spiro atoms. The lowest BCUT2D eigenvalue weighted by Gasteiger charge is -2.02. The van der Waals surface area contributed by atoms with Crippen LogP contribution in [0.1, 0.15) is 0 Å². The third-order valence-electron chi connectivity index (χ3n) is 1.68. The Morgan fingerprint density at radius 1 is 1.57 bits per heavy atom. The average Bonchev–Trinajstić information content (AvgIpc) is 2.64. The van der Waals surface area contributed by atoms with Crippen molar-refractivity contribution in [3.8, 4) is 5.69 Å². The Bertz CT molecular complexity index is 491. The molecular weight excluding hydrogens is 202 g/mol. The zero-order valence-electron chi connectivity index (χ0n) is 7.34. The molecule has 2 heterocycles. The Balaban J connectivity index is 2.62. The summed E-state index contributed by atoms with van der Waals surface area (Å²) in [6.07, 6.45) is 5.20. The molecule has 72 valence electrons. The zero-order chi connectivity index (χ0) is 9.97. The average molecular weight is 209 g/mol. The van der Waals surface area contributed by atoms with Crippen LogP contribution in [0.4, 0.5) is 0 Å². The second kappa shape index (κ2) is 3.62. The van der Waals surface area contributed by atoms with Crippen LogP contribution in [0.5, 0.6) is 0 Å². The molecule has 2 aromatic heterocycles. The lowest BCUT2D eigenvalue weighted by Crippen LogP contribution is -2.16. The maximum atomic E-state index is 11.2. The highest BCUT2D eigenvalue weighted by Crippen LogP contribution is 2.19. The number of nitrogens with zero attached hydrogens (tertiary/aromatic N) is 4. The van der Waals surface area contributed by atoms with E-state index < -0.39 is 0 Å². The van der Waals surface area contributed by atoms with Crippen LogP contribution in [0, 0.1) is 0 Å². The number of aromatic amines is 1. The third kappa shape index (κ3) is 1.41. The highest BCUT2D eigenvalue weighted by molar-refractivity contribution is 7.98. The van der Waals surface area contributed by atoms with Crippen molar-refractivity contribution in [3.63, 3.8) is 0 Å². The molecule has 7 heteroatoms. The van der Waals surface area contributed by atoms with E-state index in [2.05, 4.69) is 20.5 Å². The highest BCUT2D eigenvalue weighted by atomic mass is 32.2. The number of pyridine rings is 1. The molecule has 0 radical (unpaired) electrons. The van der Waals surface area contributed by atoms with E-state index in [4.69, 9.17) is 0 Å². The van der Waals surface area contributed by atoms with Gasteiger partial charge < -0.3 is 0 Å². The van der Waals surface area contributed by atoms with Crippen LogP contribution in [0.3, 0.4) is 0 Å². The van der Waals surface area contributed by atoms with Crippen LogP contribution in [-0.2, 0) is 0 Å². The Morgan fingerprint density at radius 2 is 2.43 bits per heavy atom. The molecular formula is C7H7N5OS. The molecule has 1 N–H and O–H groups in total. The number of hydrogen-bond donors (Lipinski definition) is 1. The summed E-state index contributed by atoms with van der Waals surface area (Å²) < 4.78 is 1.20. The first-order valence-electron chi connectivity index (χ1n) is 3.81. The third-order valence-corrected chi connectivity index (χ3v) is 2.44. The number of hydrogen-bond acceptors (Lipinski definition) is 5. The maximum absolute atomic E-state index is 11.2. The molecule has 0 fully saturated rings. The second-order valence-corrected chi connectivity index (χ2v) is 3.31. The summed E-state index contributed by atoms with van der Waals surface area (Å²) in [6, 6.07) is 1.72. The van der Waals surface area contributed by atoms with Gasteiger partial charge in [-0.25, -0.2) is 9.89 Å². The topological polar surface area (TPSA) is 76.5 Å². The summed E-state index contributed by atoms with van der Waals surface area (Å²) in [5, 5.41) is 9.31. The number of rotatable bonds is 2. The molecule has 0 aromatic carbocycles. The minimum Gasteiger partial charge on any atom is -0.263 e. The van der Waals surface area contributed by atoms with Gasteiger partial charge in [0.1, 0.15) is 0 Å². The Kier molecular flexibility index (Phi) is 2.32. The van der Waals surface area contributed by atoms with E-state index in [1.807, 2.05) is 6.26 Å². The van der Waals surface area contributed by atoms with Crippen LogP contribution < -0.4 is 5.69 Å². The standard InChI is InChI=1S/C7H7N5OS/c1-14-6-4-8-3-2-5(6)12-7(13)9-10-11-12/h2-4H,1H3,(H,9,11,13). The SMILES string of the molecule is CSc1cnccc1-n1nn[nH]c1=O. The Labute approximate surface area is 83.3 Å². The minimum absolute atomic E-state index is 0.355. The van der Waals surface area contributed by atoms with E-state index in [-0.39, 0.29) is 5.69 Å². The van der Waals surface area contributed by atoms with Gasteiger partial charge in [-0.15, -0.1) is 11.8 Å². The van der Waals surface area contributed by atoms with Crippen LogP contribution in [0.2, 0.25) is 0 Å². The lowest BCUT2D eigenvalue weighted by molar-refractivity contribution is 0.767. The van der Waals surface area contributed by atoms with Crippen molar-refractivity contribution in [1.82, 2.24) is 25.2 Å². The first-order valence-corrected chi connectivity index (χ1v) is 5.04. The van der Waals surface area contributed by atoms with Crippen molar-refractivity contribution in [2.75, 3.05) is 6.26 Å². The Morgan fingerprint density at radius 3 is 3.07 bits per heavy atom. The molecule has 2 rings (SSSR count). The molecule has 0 unspecified atom stereocenters. The van der Waals surface area contributed by atoms with Gasteiger partial charge >= 0.3 is 5.69 Å². The van der Waals surface area contributed by atoms with E-state index >= 15 is 0 Å². The number of aromatic nitrogens is 5. The molecule has 0 saturated carbocycles. The van der Waals surface area contributed by atoms with Crippen LogP contribution in [0.25, 0.3) is 5.69 Å². The van der Waals surface area contributed by atoms with E-state index in [0.29, 0.717) is 5.69 Å². The number of tetrazole rings is 1. The molecule has 0 aliphatic heterocycles. The molecule has 0 saturated heterocycles. The zero-order valence-corrected chi connectivity index (χ0v) is 8.15. The van der Waals surface area contributed by atoms with Crippen molar-refractivity contribution < 1.29 is 0 Å². The van der Waals surface area contributed by atoms with Crippen molar-refractivity contribution in [3.05, 3.63) is 28.9 Å². The van der Waals surface area contributed by atoms with Crippen molar-refractivity contribution in [2.45, 2.75) is 4.90 Å². The molecule has 0 aliphatic carbocycles. The number of H-pyrrole nitrogens is 1. The lowest BCUT2D eigenvalue weighted by atomic mass is 10.4. The monoisotopic (exact) mass is 209 g/mol. The predicted octanol–water partition coefficient (Wildman–Crippen LogP) is 0.0725. The van der Waals surface area contributed by atoms with E-state index in [0.717, 1.165) is 4.90 Å².